The highest BCUT2D eigenvalue weighted by Gasteiger charge is 2.26. The summed E-state index contributed by atoms with van der Waals surface area (Å²) in [6.45, 7) is 4.35. The molecule has 0 aliphatic rings. The summed E-state index contributed by atoms with van der Waals surface area (Å²) in [6.07, 6.45) is 3.35. The van der Waals surface area contributed by atoms with Gasteiger partial charge in [-0.25, -0.2) is 4.98 Å². The van der Waals surface area contributed by atoms with Gasteiger partial charge in [0.25, 0.3) is 0 Å². The van der Waals surface area contributed by atoms with E-state index in [9.17, 15) is 0 Å². The maximum atomic E-state index is 5.62. The Morgan fingerprint density at radius 3 is 2.81 bits per heavy atom. The minimum atomic E-state index is -0.308. The average Bonchev–Trinajstić information content (AvgIpc) is 2.88. The number of halogens is 1. The topological polar surface area (TPSA) is 93.6 Å². The van der Waals surface area contributed by atoms with E-state index in [1.54, 1.807) is 12.4 Å². The molecule has 0 atom stereocenters. The van der Waals surface area contributed by atoms with Crippen molar-refractivity contribution in [3.8, 4) is 11.6 Å². The zero-order chi connectivity index (χ0) is 10.9. The Kier molecular flexibility index (Phi) is 3.66. The van der Waals surface area contributed by atoms with E-state index in [1.807, 2.05) is 13.8 Å². The van der Waals surface area contributed by atoms with Crippen LogP contribution in [0.15, 0.2) is 16.9 Å². The molecule has 2 aromatic heterocycles. The molecule has 0 aromatic carbocycles. The van der Waals surface area contributed by atoms with E-state index < -0.39 is 0 Å². The summed E-state index contributed by atoms with van der Waals surface area (Å²) >= 11 is 0. The highest BCUT2D eigenvalue weighted by Crippen LogP contribution is 2.21. The maximum Gasteiger partial charge on any atom is 0.238 e. The summed E-state index contributed by atoms with van der Waals surface area (Å²) in [5.74, 6) is 1.57. The predicted octanol–water partition coefficient (Wildman–Crippen LogP) is 1.12. The quantitative estimate of drug-likeness (QED) is 0.843. The molecular weight excluding hydrogens is 230 g/mol. The van der Waals surface area contributed by atoms with E-state index in [-0.39, 0.29) is 17.8 Å². The molecule has 0 aliphatic heterocycles. The van der Waals surface area contributed by atoms with Crippen LogP contribution >= 0.6 is 12.4 Å². The predicted molar refractivity (Wildman–Crippen MR) is 61.2 cm³/mol. The zero-order valence-electron chi connectivity index (χ0n) is 9.10. The standard InChI is InChI=1S/C9H13N5O.ClH/c1-9(2,5-10)8-13-7(14-15-8)6-11-3-4-12-6;/h3-4H,5,10H2,1-2H3,(H,11,12);1H. The van der Waals surface area contributed by atoms with Crippen LogP contribution in [-0.4, -0.2) is 26.7 Å². The second-order valence-corrected chi connectivity index (χ2v) is 3.95. The molecule has 0 saturated heterocycles. The highest BCUT2D eigenvalue weighted by molar-refractivity contribution is 5.85. The summed E-state index contributed by atoms with van der Waals surface area (Å²) < 4.78 is 5.14. The molecule has 2 rings (SSSR count). The number of aromatic amines is 1. The Morgan fingerprint density at radius 1 is 1.50 bits per heavy atom. The van der Waals surface area contributed by atoms with Crippen LogP contribution in [0.2, 0.25) is 0 Å². The number of nitrogens with zero attached hydrogens (tertiary/aromatic N) is 3. The van der Waals surface area contributed by atoms with Crippen LogP contribution in [0.4, 0.5) is 0 Å². The number of hydrogen-bond donors (Lipinski definition) is 2. The Labute approximate surface area is 99.1 Å². The monoisotopic (exact) mass is 243 g/mol. The van der Waals surface area contributed by atoms with Gasteiger partial charge in [-0.2, -0.15) is 4.98 Å². The fourth-order valence-corrected chi connectivity index (χ4v) is 1.07. The third-order valence-electron chi connectivity index (χ3n) is 2.23. The van der Waals surface area contributed by atoms with E-state index in [0.717, 1.165) is 0 Å². The van der Waals surface area contributed by atoms with E-state index in [0.29, 0.717) is 24.1 Å². The normalized spacial score (nSPS) is 11.2. The van der Waals surface area contributed by atoms with Gasteiger partial charge >= 0.3 is 0 Å². The van der Waals surface area contributed by atoms with Gasteiger partial charge < -0.3 is 15.2 Å². The molecule has 0 amide bonds. The van der Waals surface area contributed by atoms with E-state index in [1.165, 1.54) is 0 Å². The van der Waals surface area contributed by atoms with Crippen molar-refractivity contribution in [1.29, 1.82) is 0 Å². The Balaban J connectivity index is 0.00000128. The van der Waals surface area contributed by atoms with Crippen molar-refractivity contribution in [2.75, 3.05) is 6.54 Å². The molecular formula is C9H14ClN5O. The minimum Gasteiger partial charge on any atom is -0.342 e. The Morgan fingerprint density at radius 2 is 2.25 bits per heavy atom. The van der Waals surface area contributed by atoms with Gasteiger partial charge in [0.1, 0.15) is 0 Å². The minimum absolute atomic E-state index is 0. The lowest BCUT2D eigenvalue weighted by Gasteiger charge is -2.15. The first kappa shape index (κ1) is 12.7. The van der Waals surface area contributed by atoms with Gasteiger partial charge in [-0.15, -0.1) is 12.4 Å². The molecule has 0 radical (unpaired) electrons. The third kappa shape index (κ3) is 2.23. The number of nitrogens with one attached hydrogen (secondary N) is 1. The number of hydrogen-bond acceptors (Lipinski definition) is 5. The molecule has 2 heterocycles. The molecule has 7 heteroatoms. The number of H-pyrrole nitrogens is 1. The molecule has 0 saturated carbocycles. The van der Waals surface area contributed by atoms with Crippen molar-refractivity contribution in [3.05, 3.63) is 18.3 Å². The molecule has 0 spiro atoms. The van der Waals surface area contributed by atoms with Gasteiger partial charge in [0.05, 0.1) is 5.41 Å². The molecule has 6 nitrogen and oxygen atoms in total. The van der Waals surface area contributed by atoms with Crippen LogP contribution in [0.3, 0.4) is 0 Å². The molecule has 16 heavy (non-hydrogen) atoms. The van der Waals surface area contributed by atoms with E-state index in [4.69, 9.17) is 10.3 Å². The van der Waals surface area contributed by atoms with Crippen molar-refractivity contribution in [3.63, 3.8) is 0 Å². The van der Waals surface area contributed by atoms with E-state index >= 15 is 0 Å². The summed E-state index contributed by atoms with van der Waals surface area (Å²) in [5.41, 5.74) is 5.31. The first-order valence-corrected chi connectivity index (χ1v) is 4.67. The largest absolute Gasteiger partial charge is 0.342 e. The first-order chi connectivity index (χ1) is 7.13. The Hall–Kier alpha value is -1.40. The molecule has 0 aliphatic carbocycles. The molecule has 0 unspecified atom stereocenters. The second-order valence-electron chi connectivity index (χ2n) is 3.95. The summed E-state index contributed by atoms with van der Waals surface area (Å²) in [6, 6.07) is 0. The number of imidazole rings is 1. The van der Waals surface area contributed by atoms with Crippen molar-refractivity contribution in [1.82, 2.24) is 20.1 Å². The number of aromatic nitrogens is 4. The van der Waals surface area contributed by atoms with Crippen LogP contribution < -0.4 is 5.73 Å². The van der Waals surface area contributed by atoms with Gasteiger partial charge in [-0.05, 0) is 13.8 Å². The van der Waals surface area contributed by atoms with Crippen LogP contribution in [0.5, 0.6) is 0 Å². The first-order valence-electron chi connectivity index (χ1n) is 4.67. The maximum absolute atomic E-state index is 5.62. The van der Waals surface area contributed by atoms with Crippen molar-refractivity contribution < 1.29 is 4.52 Å². The zero-order valence-corrected chi connectivity index (χ0v) is 9.91. The second kappa shape index (κ2) is 4.63. The van der Waals surface area contributed by atoms with Crippen LogP contribution in [0.1, 0.15) is 19.7 Å². The average molecular weight is 244 g/mol. The van der Waals surface area contributed by atoms with Crippen LogP contribution in [0.25, 0.3) is 11.6 Å². The van der Waals surface area contributed by atoms with Crippen molar-refractivity contribution in [2.45, 2.75) is 19.3 Å². The van der Waals surface area contributed by atoms with Gasteiger partial charge in [0.15, 0.2) is 5.82 Å². The molecule has 2 aromatic rings. The fraction of sp³-hybridized carbons (Fsp3) is 0.444. The third-order valence-corrected chi connectivity index (χ3v) is 2.23. The van der Waals surface area contributed by atoms with Gasteiger partial charge in [0.2, 0.25) is 11.7 Å². The molecule has 0 bridgehead atoms. The van der Waals surface area contributed by atoms with Crippen molar-refractivity contribution in [2.24, 2.45) is 5.73 Å². The smallest absolute Gasteiger partial charge is 0.238 e. The van der Waals surface area contributed by atoms with Gasteiger partial charge in [-0.1, -0.05) is 5.16 Å². The summed E-state index contributed by atoms with van der Waals surface area (Å²) in [5, 5.41) is 3.84. The fourth-order valence-electron chi connectivity index (χ4n) is 1.07. The van der Waals surface area contributed by atoms with Crippen molar-refractivity contribution >= 4 is 12.4 Å². The van der Waals surface area contributed by atoms with Gasteiger partial charge in [-0.3, -0.25) is 0 Å². The number of nitrogens with two attached hydrogens (primary N) is 1. The van der Waals surface area contributed by atoms with Crippen LogP contribution in [0, 0.1) is 0 Å². The Bertz CT molecular complexity index is 436. The van der Waals surface area contributed by atoms with Gasteiger partial charge in [0, 0.05) is 18.9 Å². The highest BCUT2D eigenvalue weighted by atomic mass is 35.5. The molecule has 0 fully saturated rings. The van der Waals surface area contributed by atoms with E-state index in [2.05, 4.69) is 20.1 Å². The lowest BCUT2D eigenvalue weighted by Crippen LogP contribution is -2.28. The van der Waals surface area contributed by atoms with Crippen LogP contribution in [-0.2, 0) is 5.41 Å². The SMILES string of the molecule is CC(C)(CN)c1nc(-c2ncc[nH]2)no1.Cl. The lowest BCUT2D eigenvalue weighted by molar-refractivity contribution is 0.311. The summed E-state index contributed by atoms with van der Waals surface area (Å²) in [7, 11) is 0. The molecule has 3 N–H and O–H groups in total. The lowest BCUT2D eigenvalue weighted by atomic mass is 9.94. The number of rotatable bonds is 3. The summed E-state index contributed by atoms with van der Waals surface area (Å²) in [4.78, 5) is 11.2. The molecule has 88 valence electrons.